The Labute approximate surface area is 209 Å². The highest BCUT2D eigenvalue weighted by Gasteiger charge is 2.22. The molecule has 0 saturated heterocycles. The minimum atomic E-state index is -0.460. The molecule has 0 aliphatic carbocycles. The minimum absolute atomic E-state index is 0.237. The van der Waals surface area contributed by atoms with Crippen molar-refractivity contribution in [3.05, 3.63) is 114 Å². The van der Waals surface area contributed by atoms with Crippen molar-refractivity contribution in [2.24, 2.45) is 7.05 Å². The maximum atomic E-state index is 13.3. The molecule has 0 aliphatic rings. The maximum absolute atomic E-state index is 13.3. The van der Waals surface area contributed by atoms with E-state index in [1.165, 1.54) is 0 Å². The van der Waals surface area contributed by atoms with Crippen molar-refractivity contribution in [2.75, 3.05) is 7.11 Å². The first-order valence-corrected chi connectivity index (χ1v) is 11.6. The Hall–Kier alpha value is -4.59. The molecule has 0 saturated carbocycles. The smallest absolute Gasteiger partial charge is 0.252 e. The highest BCUT2D eigenvalue weighted by molar-refractivity contribution is 5.95. The first kappa shape index (κ1) is 23.2. The quantitative estimate of drug-likeness (QED) is 0.353. The van der Waals surface area contributed by atoms with Gasteiger partial charge in [-0.25, -0.2) is 9.97 Å². The number of pyridine rings is 1. The third kappa shape index (κ3) is 4.93. The van der Waals surface area contributed by atoms with Crippen LogP contribution in [-0.4, -0.2) is 32.0 Å². The fraction of sp³-hybridized carbons (Fsp3) is 0.179. The number of fused-ring (bicyclic) bond motifs is 1. The Balaban J connectivity index is 1.34. The SMILES string of the molecule is COc1cccc(C(NC(=O)c2cccc(OCc3cn4cc(C)ccc4n3)c2)c2nccn2C)c1. The summed E-state index contributed by atoms with van der Waals surface area (Å²) in [5.74, 6) is 1.77. The third-order valence-electron chi connectivity index (χ3n) is 5.95. The minimum Gasteiger partial charge on any atom is -0.497 e. The number of aryl methyl sites for hydroxylation is 2. The molecule has 0 bridgehead atoms. The monoisotopic (exact) mass is 481 g/mol. The second-order valence-corrected chi connectivity index (χ2v) is 8.60. The number of amides is 1. The van der Waals surface area contributed by atoms with Gasteiger partial charge in [0.2, 0.25) is 0 Å². The predicted molar refractivity (Wildman–Crippen MR) is 136 cm³/mol. The summed E-state index contributed by atoms with van der Waals surface area (Å²) in [6.07, 6.45) is 7.54. The van der Waals surface area contributed by atoms with Gasteiger partial charge in [-0.05, 0) is 54.4 Å². The van der Waals surface area contributed by atoms with E-state index in [0.29, 0.717) is 29.5 Å². The van der Waals surface area contributed by atoms with E-state index in [4.69, 9.17) is 9.47 Å². The van der Waals surface area contributed by atoms with Gasteiger partial charge in [-0.3, -0.25) is 4.79 Å². The van der Waals surface area contributed by atoms with Crippen LogP contribution in [0.4, 0.5) is 0 Å². The zero-order valence-corrected chi connectivity index (χ0v) is 20.4. The number of ether oxygens (including phenoxy) is 2. The van der Waals surface area contributed by atoms with Crippen molar-refractivity contribution in [1.82, 2.24) is 24.3 Å². The van der Waals surface area contributed by atoms with Crippen LogP contribution in [0.5, 0.6) is 11.5 Å². The zero-order valence-electron chi connectivity index (χ0n) is 20.4. The molecular weight excluding hydrogens is 454 g/mol. The van der Waals surface area contributed by atoms with Crippen LogP contribution >= 0.6 is 0 Å². The van der Waals surface area contributed by atoms with Gasteiger partial charge in [0, 0.05) is 37.4 Å². The van der Waals surface area contributed by atoms with Crippen molar-refractivity contribution in [3.8, 4) is 11.5 Å². The van der Waals surface area contributed by atoms with E-state index < -0.39 is 6.04 Å². The summed E-state index contributed by atoms with van der Waals surface area (Å²) in [6, 6.07) is 18.3. The number of carbonyl (C=O) groups is 1. The first-order chi connectivity index (χ1) is 17.5. The topological polar surface area (TPSA) is 82.7 Å². The Morgan fingerprint density at radius 2 is 1.89 bits per heavy atom. The Morgan fingerprint density at radius 1 is 1.06 bits per heavy atom. The highest BCUT2D eigenvalue weighted by Crippen LogP contribution is 2.25. The second kappa shape index (κ2) is 9.95. The highest BCUT2D eigenvalue weighted by atomic mass is 16.5. The van der Waals surface area contributed by atoms with Crippen molar-refractivity contribution in [3.63, 3.8) is 0 Å². The molecule has 182 valence electrons. The average molecular weight is 482 g/mol. The van der Waals surface area contributed by atoms with Crippen molar-refractivity contribution < 1.29 is 14.3 Å². The summed E-state index contributed by atoms with van der Waals surface area (Å²) < 4.78 is 15.2. The van der Waals surface area contributed by atoms with Crippen LogP contribution in [0, 0.1) is 6.92 Å². The molecule has 8 heteroatoms. The fourth-order valence-corrected chi connectivity index (χ4v) is 4.10. The first-order valence-electron chi connectivity index (χ1n) is 11.6. The number of nitrogens with zero attached hydrogens (tertiary/aromatic N) is 4. The van der Waals surface area contributed by atoms with Gasteiger partial charge >= 0.3 is 0 Å². The molecule has 3 aromatic heterocycles. The van der Waals surface area contributed by atoms with Crippen LogP contribution in [-0.2, 0) is 13.7 Å². The van der Waals surface area contributed by atoms with Crippen molar-refractivity contribution in [1.29, 1.82) is 0 Å². The molecule has 0 spiro atoms. The standard InChI is InChI=1S/C28H27N5O3/c1-19-10-11-25-30-22(17-33(25)16-19)18-36-24-9-5-7-21(15-24)28(34)31-26(27-29-12-13-32(27)2)20-6-4-8-23(14-20)35-3/h4-17,26H,18H2,1-3H3,(H,31,34). The number of methoxy groups -OCH3 is 1. The van der Waals surface area contributed by atoms with E-state index in [-0.39, 0.29) is 5.91 Å². The van der Waals surface area contributed by atoms with Crippen molar-refractivity contribution >= 4 is 11.6 Å². The summed E-state index contributed by atoms with van der Waals surface area (Å²) in [4.78, 5) is 22.4. The van der Waals surface area contributed by atoms with Gasteiger partial charge < -0.3 is 23.8 Å². The molecule has 0 aliphatic heterocycles. The molecule has 36 heavy (non-hydrogen) atoms. The summed E-state index contributed by atoms with van der Waals surface area (Å²) in [7, 11) is 3.52. The molecule has 0 radical (unpaired) electrons. The van der Waals surface area contributed by atoms with Gasteiger partial charge in [-0.2, -0.15) is 0 Å². The van der Waals surface area contributed by atoms with Crippen molar-refractivity contribution in [2.45, 2.75) is 19.6 Å². The summed E-state index contributed by atoms with van der Waals surface area (Å²) >= 11 is 0. The van der Waals surface area contributed by atoms with E-state index in [0.717, 1.165) is 22.5 Å². The van der Waals surface area contributed by atoms with Gasteiger partial charge in [0.15, 0.2) is 0 Å². The number of hydrogen-bond donors (Lipinski definition) is 1. The number of rotatable bonds is 8. The number of hydrogen-bond acceptors (Lipinski definition) is 5. The van der Waals surface area contributed by atoms with E-state index in [1.807, 2.05) is 84.0 Å². The van der Waals surface area contributed by atoms with Gasteiger partial charge in [-0.15, -0.1) is 0 Å². The summed E-state index contributed by atoms with van der Waals surface area (Å²) in [5.41, 5.74) is 4.18. The van der Waals surface area contributed by atoms with E-state index in [1.54, 1.807) is 31.5 Å². The summed E-state index contributed by atoms with van der Waals surface area (Å²) in [6.45, 7) is 2.34. The number of imidazole rings is 2. The van der Waals surface area contributed by atoms with Crippen LogP contribution in [0.1, 0.15) is 39.0 Å². The largest absolute Gasteiger partial charge is 0.497 e. The Morgan fingerprint density at radius 3 is 2.69 bits per heavy atom. The lowest BCUT2D eigenvalue weighted by Crippen LogP contribution is -2.31. The molecule has 0 fully saturated rings. The molecule has 1 amide bonds. The molecular formula is C28H27N5O3. The fourth-order valence-electron chi connectivity index (χ4n) is 4.10. The van der Waals surface area contributed by atoms with Crippen LogP contribution in [0.3, 0.4) is 0 Å². The van der Waals surface area contributed by atoms with Crippen LogP contribution in [0.2, 0.25) is 0 Å². The van der Waals surface area contributed by atoms with E-state index in [9.17, 15) is 4.79 Å². The van der Waals surface area contributed by atoms with Gasteiger partial charge in [0.1, 0.15) is 35.6 Å². The second-order valence-electron chi connectivity index (χ2n) is 8.60. The average Bonchev–Trinajstić information content (AvgIpc) is 3.51. The molecule has 1 unspecified atom stereocenters. The predicted octanol–water partition coefficient (Wildman–Crippen LogP) is 4.48. The maximum Gasteiger partial charge on any atom is 0.252 e. The van der Waals surface area contributed by atoms with Crippen LogP contribution < -0.4 is 14.8 Å². The Bertz CT molecular complexity index is 1520. The lowest BCUT2D eigenvalue weighted by atomic mass is 10.0. The zero-order chi connectivity index (χ0) is 25.1. The van der Waals surface area contributed by atoms with E-state index in [2.05, 4.69) is 15.3 Å². The van der Waals surface area contributed by atoms with Gasteiger partial charge in [-0.1, -0.05) is 24.3 Å². The molecule has 1 N–H and O–H groups in total. The molecule has 1 atom stereocenters. The van der Waals surface area contributed by atoms with Gasteiger partial charge in [0.05, 0.1) is 12.8 Å². The molecule has 8 nitrogen and oxygen atoms in total. The lowest BCUT2D eigenvalue weighted by molar-refractivity contribution is 0.0940. The van der Waals surface area contributed by atoms with Gasteiger partial charge in [0.25, 0.3) is 5.91 Å². The van der Waals surface area contributed by atoms with Crippen LogP contribution in [0.25, 0.3) is 5.65 Å². The summed E-state index contributed by atoms with van der Waals surface area (Å²) in [5, 5.41) is 3.12. The molecule has 3 heterocycles. The number of benzene rings is 2. The molecule has 5 rings (SSSR count). The number of aromatic nitrogens is 4. The Kier molecular flexibility index (Phi) is 6.40. The number of carbonyl (C=O) groups excluding carboxylic acids is 1. The number of nitrogens with one attached hydrogen (secondary N) is 1. The normalized spacial score (nSPS) is 11.9. The van der Waals surface area contributed by atoms with Crippen LogP contribution in [0.15, 0.2) is 85.5 Å². The molecule has 2 aromatic carbocycles. The molecule has 5 aromatic rings. The third-order valence-corrected chi connectivity index (χ3v) is 5.95. The van der Waals surface area contributed by atoms with E-state index >= 15 is 0 Å². The lowest BCUT2D eigenvalue weighted by Gasteiger charge is -2.20.